The number of amides is 1. The Hall–Kier alpha value is -4.06. The van der Waals surface area contributed by atoms with E-state index in [4.69, 9.17) is 9.15 Å². The number of aryl methyl sites for hydroxylation is 2. The minimum atomic E-state index is -0.736. The van der Waals surface area contributed by atoms with E-state index in [1.807, 2.05) is 13.8 Å². The largest absolute Gasteiger partial charge is 0.508 e. The van der Waals surface area contributed by atoms with Crippen LogP contribution in [0.15, 0.2) is 69.9 Å². The fourth-order valence-corrected chi connectivity index (χ4v) is 4.25. The number of benzene rings is 3. The van der Waals surface area contributed by atoms with Crippen LogP contribution in [0.25, 0.3) is 11.0 Å². The molecule has 32 heavy (non-hydrogen) atoms. The lowest BCUT2D eigenvalue weighted by molar-refractivity contribution is 0.0971. The standard InChI is InChI=1S/C26H21NO5/c1-14-11-20-21(12-15(14)2)32-25-22(24(20)29)23(16-5-4-6-18(28)13-16)27(26(25)30)17-7-9-19(31-3)10-8-17/h4-13,23,28H,1-3H3. The molecule has 1 atom stereocenters. The van der Waals surface area contributed by atoms with Gasteiger partial charge in [0.05, 0.1) is 24.1 Å². The second-order valence-corrected chi connectivity index (χ2v) is 7.98. The fraction of sp³-hybridized carbons (Fsp3) is 0.154. The summed E-state index contributed by atoms with van der Waals surface area (Å²) in [7, 11) is 1.57. The third-order valence-electron chi connectivity index (χ3n) is 6.02. The lowest BCUT2D eigenvalue weighted by Gasteiger charge is -2.25. The summed E-state index contributed by atoms with van der Waals surface area (Å²) in [6.07, 6.45) is 0. The van der Waals surface area contributed by atoms with E-state index in [2.05, 4.69) is 0 Å². The summed E-state index contributed by atoms with van der Waals surface area (Å²) in [6.45, 7) is 3.87. The van der Waals surface area contributed by atoms with Gasteiger partial charge in [0.15, 0.2) is 5.43 Å². The highest BCUT2D eigenvalue weighted by Crippen LogP contribution is 2.42. The summed E-state index contributed by atoms with van der Waals surface area (Å²) >= 11 is 0. The Bertz CT molecular complexity index is 1440. The molecule has 6 heteroatoms. The average Bonchev–Trinajstić information content (AvgIpc) is 3.08. The van der Waals surface area contributed by atoms with E-state index < -0.39 is 11.9 Å². The number of fused-ring (bicyclic) bond motifs is 2. The maximum Gasteiger partial charge on any atom is 0.295 e. The molecule has 3 aromatic carbocycles. The van der Waals surface area contributed by atoms with Gasteiger partial charge in [-0.05, 0) is 79.1 Å². The van der Waals surface area contributed by atoms with Gasteiger partial charge in [0.25, 0.3) is 5.91 Å². The molecule has 1 aliphatic heterocycles. The summed E-state index contributed by atoms with van der Waals surface area (Å²) < 4.78 is 11.3. The van der Waals surface area contributed by atoms with Crippen molar-refractivity contribution in [3.63, 3.8) is 0 Å². The summed E-state index contributed by atoms with van der Waals surface area (Å²) in [6, 6.07) is 16.5. The van der Waals surface area contributed by atoms with Crippen molar-refractivity contribution in [1.29, 1.82) is 0 Å². The molecule has 0 bridgehead atoms. The number of hydrogen-bond donors (Lipinski definition) is 1. The number of rotatable bonds is 3. The molecule has 0 fully saturated rings. The number of methoxy groups -OCH3 is 1. The number of phenolic OH excluding ortho intramolecular Hbond substituents is 1. The first-order valence-corrected chi connectivity index (χ1v) is 10.2. The van der Waals surface area contributed by atoms with Crippen LogP contribution in [-0.2, 0) is 0 Å². The van der Waals surface area contributed by atoms with Crippen LogP contribution in [0.3, 0.4) is 0 Å². The van der Waals surface area contributed by atoms with Gasteiger partial charge in [0, 0.05) is 5.69 Å². The van der Waals surface area contributed by atoms with Gasteiger partial charge >= 0.3 is 0 Å². The maximum absolute atomic E-state index is 13.7. The van der Waals surface area contributed by atoms with Crippen LogP contribution < -0.4 is 15.1 Å². The van der Waals surface area contributed by atoms with Crippen LogP contribution in [0.5, 0.6) is 11.5 Å². The minimum absolute atomic E-state index is 0.0231. The molecule has 1 unspecified atom stereocenters. The molecular weight excluding hydrogens is 406 g/mol. The topological polar surface area (TPSA) is 80.0 Å². The molecule has 1 N–H and O–H groups in total. The number of ether oxygens (including phenoxy) is 1. The van der Waals surface area contributed by atoms with Gasteiger partial charge in [-0.25, -0.2) is 0 Å². The molecule has 0 aliphatic carbocycles. The fourth-order valence-electron chi connectivity index (χ4n) is 4.25. The highest BCUT2D eigenvalue weighted by molar-refractivity contribution is 6.10. The molecule has 1 aliphatic rings. The van der Waals surface area contributed by atoms with Crippen molar-refractivity contribution in [2.75, 3.05) is 12.0 Å². The molecule has 1 amide bonds. The van der Waals surface area contributed by atoms with Crippen LogP contribution in [0.4, 0.5) is 5.69 Å². The van der Waals surface area contributed by atoms with Crippen LogP contribution >= 0.6 is 0 Å². The Kier molecular flexibility index (Phi) is 4.51. The molecule has 160 valence electrons. The Morgan fingerprint density at radius 3 is 2.38 bits per heavy atom. The van der Waals surface area contributed by atoms with E-state index in [1.54, 1.807) is 67.8 Å². The smallest absolute Gasteiger partial charge is 0.295 e. The van der Waals surface area contributed by atoms with Gasteiger partial charge in [-0.15, -0.1) is 0 Å². The first kappa shape index (κ1) is 19.9. The van der Waals surface area contributed by atoms with Crippen LogP contribution in [0, 0.1) is 13.8 Å². The van der Waals surface area contributed by atoms with Crippen LogP contribution in [0.2, 0.25) is 0 Å². The number of aromatic hydroxyl groups is 1. The van der Waals surface area contributed by atoms with Gasteiger partial charge in [-0.1, -0.05) is 12.1 Å². The first-order chi connectivity index (χ1) is 15.4. The number of hydrogen-bond acceptors (Lipinski definition) is 5. The molecule has 0 radical (unpaired) electrons. The predicted molar refractivity (Wildman–Crippen MR) is 122 cm³/mol. The molecule has 2 heterocycles. The Morgan fingerprint density at radius 1 is 0.969 bits per heavy atom. The van der Waals surface area contributed by atoms with E-state index >= 15 is 0 Å². The van der Waals surface area contributed by atoms with Gasteiger partial charge < -0.3 is 14.3 Å². The zero-order valence-corrected chi connectivity index (χ0v) is 17.9. The zero-order valence-electron chi connectivity index (χ0n) is 17.9. The molecule has 0 spiro atoms. The number of anilines is 1. The number of carbonyl (C=O) groups is 1. The molecule has 1 aromatic heterocycles. The monoisotopic (exact) mass is 427 g/mol. The third-order valence-corrected chi connectivity index (χ3v) is 6.02. The van der Waals surface area contributed by atoms with Gasteiger partial charge in [-0.3, -0.25) is 14.5 Å². The van der Waals surface area contributed by atoms with Crippen molar-refractivity contribution >= 4 is 22.6 Å². The van der Waals surface area contributed by atoms with Gasteiger partial charge in [0.1, 0.15) is 17.1 Å². The first-order valence-electron chi connectivity index (χ1n) is 10.2. The second kappa shape index (κ2) is 7.27. The molecule has 0 saturated carbocycles. The summed E-state index contributed by atoms with van der Waals surface area (Å²) in [5.74, 6) is 0.318. The average molecular weight is 427 g/mol. The summed E-state index contributed by atoms with van der Waals surface area (Å²) in [5.41, 5.74) is 3.55. The molecule has 6 nitrogen and oxygen atoms in total. The quantitative estimate of drug-likeness (QED) is 0.504. The van der Waals surface area contributed by atoms with Crippen molar-refractivity contribution in [3.05, 3.63) is 98.9 Å². The maximum atomic E-state index is 13.7. The number of phenols is 1. The second-order valence-electron chi connectivity index (χ2n) is 7.98. The Labute approximate surface area is 184 Å². The van der Waals surface area contributed by atoms with Gasteiger partial charge in [-0.2, -0.15) is 0 Å². The molecule has 5 rings (SSSR count). The summed E-state index contributed by atoms with van der Waals surface area (Å²) in [5, 5.41) is 10.5. The van der Waals surface area contributed by atoms with E-state index in [0.29, 0.717) is 28.0 Å². The predicted octanol–water partition coefficient (Wildman–Crippen LogP) is 4.87. The SMILES string of the molecule is COc1ccc(N2C(=O)c3oc4cc(C)c(C)cc4c(=O)c3C2c2cccc(O)c2)cc1. The van der Waals surface area contributed by atoms with E-state index in [0.717, 1.165) is 11.1 Å². The van der Waals surface area contributed by atoms with Crippen molar-refractivity contribution in [2.24, 2.45) is 0 Å². The molecular formula is C26H21NO5. The number of carbonyl (C=O) groups excluding carboxylic acids is 1. The Balaban J connectivity index is 1.80. The van der Waals surface area contributed by atoms with E-state index in [-0.39, 0.29) is 22.5 Å². The van der Waals surface area contributed by atoms with Crippen molar-refractivity contribution < 1.29 is 19.1 Å². The highest BCUT2D eigenvalue weighted by Gasteiger charge is 2.43. The Morgan fingerprint density at radius 2 is 1.69 bits per heavy atom. The lowest BCUT2D eigenvalue weighted by Crippen LogP contribution is -2.29. The molecule has 4 aromatic rings. The normalized spacial score (nSPS) is 15.3. The minimum Gasteiger partial charge on any atom is -0.508 e. The lowest BCUT2D eigenvalue weighted by atomic mass is 9.97. The number of nitrogens with zero attached hydrogens (tertiary/aromatic N) is 1. The molecule has 0 saturated heterocycles. The summed E-state index contributed by atoms with van der Waals surface area (Å²) in [4.78, 5) is 28.8. The van der Waals surface area contributed by atoms with E-state index in [1.165, 1.54) is 4.90 Å². The van der Waals surface area contributed by atoms with E-state index in [9.17, 15) is 14.7 Å². The van der Waals surface area contributed by atoms with Crippen LogP contribution in [-0.4, -0.2) is 18.1 Å². The van der Waals surface area contributed by atoms with Crippen LogP contribution in [0.1, 0.15) is 38.9 Å². The zero-order chi connectivity index (χ0) is 22.6. The van der Waals surface area contributed by atoms with Crippen molar-refractivity contribution in [1.82, 2.24) is 0 Å². The van der Waals surface area contributed by atoms with Gasteiger partial charge in [0.2, 0.25) is 5.76 Å². The van der Waals surface area contributed by atoms with Crippen molar-refractivity contribution in [3.8, 4) is 11.5 Å². The third kappa shape index (κ3) is 2.95. The van der Waals surface area contributed by atoms with Crippen molar-refractivity contribution in [2.45, 2.75) is 19.9 Å². The highest BCUT2D eigenvalue weighted by atomic mass is 16.5.